The number of anilines is 2. The normalized spacial score (nSPS) is 14.8. The molecule has 3 N–H and O–H groups in total. The van der Waals surface area contributed by atoms with Crippen molar-refractivity contribution < 1.29 is 19.4 Å². The van der Waals surface area contributed by atoms with E-state index < -0.39 is 5.97 Å². The SMILES string of the molecule is Cc1cccc(COC(C)C)c1-c1nc(NSc2cccc(C(=O)O)c2)nc(OC[C@@H](CC(C)(C)C)NCc2ncc(N3CCC(C)(C)C3)cn2)c1C. The van der Waals surface area contributed by atoms with E-state index in [2.05, 4.69) is 68.6 Å². The van der Waals surface area contributed by atoms with Crippen molar-refractivity contribution in [3.8, 4) is 17.1 Å². The molecule has 12 heteroatoms. The van der Waals surface area contributed by atoms with Gasteiger partial charge in [-0.1, -0.05) is 58.9 Å². The van der Waals surface area contributed by atoms with Gasteiger partial charge in [0.05, 0.1) is 48.6 Å². The van der Waals surface area contributed by atoms with Gasteiger partial charge in [-0.2, -0.15) is 4.98 Å². The number of benzene rings is 2. The molecule has 0 aliphatic carbocycles. The van der Waals surface area contributed by atoms with Gasteiger partial charge in [-0.3, -0.25) is 4.72 Å². The highest BCUT2D eigenvalue weighted by molar-refractivity contribution is 8.00. The molecule has 2 aromatic carbocycles. The van der Waals surface area contributed by atoms with Crippen LogP contribution in [0.2, 0.25) is 0 Å². The number of hydrogen-bond donors (Lipinski definition) is 3. The smallest absolute Gasteiger partial charge is 0.335 e. The van der Waals surface area contributed by atoms with E-state index in [0.29, 0.717) is 41.9 Å². The maximum atomic E-state index is 11.6. The van der Waals surface area contributed by atoms with Crippen LogP contribution in [-0.4, -0.2) is 62.9 Å². The molecule has 53 heavy (non-hydrogen) atoms. The van der Waals surface area contributed by atoms with Crippen LogP contribution in [0.1, 0.15) is 94.2 Å². The summed E-state index contributed by atoms with van der Waals surface area (Å²) in [7, 11) is 0. The number of carboxylic acid groups (broad SMARTS) is 1. The first kappa shape index (κ1) is 39.9. The molecule has 1 aliphatic rings. The first-order valence-electron chi connectivity index (χ1n) is 18.3. The number of aromatic nitrogens is 4. The number of nitrogens with zero attached hydrogens (tertiary/aromatic N) is 5. The third kappa shape index (κ3) is 11.4. The number of ether oxygens (including phenoxy) is 2. The molecule has 0 amide bonds. The fraction of sp³-hybridized carbons (Fsp3) is 0.488. The van der Waals surface area contributed by atoms with Crippen LogP contribution in [0.3, 0.4) is 0 Å². The second-order valence-corrected chi connectivity index (χ2v) is 17.1. The van der Waals surface area contributed by atoms with Gasteiger partial charge in [0.1, 0.15) is 12.4 Å². The zero-order valence-corrected chi connectivity index (χ0v) is 33.4. The summed E-state index contributed by atoms with van der Waals surface area (Å²) in [4.78, 5) is 33.9. The van der Waals surface area contributed by atoms with Crippen molar-refractivity contribution in [2.45, 2.75) is 105 Å². The van der Waals surface area contributed by atoms with Crippen molar-refractivity contribution in [2.75, 3.05) is 29.3 Å². The summed E-state index contributed by atoms with van der Waals surface area (Å²) in [5, 5.41) is 13.2. The van der Waals surface area contributed by atoms with E-state index in [4.69, 9.17) is 29.4 Å². The Balaban J connectivity index is 1.40. The number of carboxylic acids is 1. The molecule has 1 saturated heterocycles. The van der Waals surface area contributed by atoms with E-state index >= 15 is 0 Å². The van der Waals surface area contributed by atoms with Gasteiger partial charge in [0.2, 0.25) is 11.8 Å². The third-order valence-corrected chi connectivity index (χ3v) is 9.95. The summed E-state index contributed by atoms with van der Waals surface area (Å²) in [5.41, 5.74) is 6.20. The summed E-state index contributed by atoms with van der Waals surface area (Å²) in [6, 6.07) is 12.9. The Morgan fingerprint density at radius 1 is 1.08 bits per heavy atom. The maximum absolute atomic E-state index is 11.6. The van der Waals surface area contributed by atoms with Crippen LogP contribution in [0.4, 0.5) is 11.6 Å². The molecule has 0 unspecified atom stereocenters. The van der Waals surface area contributed by atoms with Crippen LogP contribution in [0.15, 0.2) is 59.8 Å². The monoisotopic (exact) mass is 741 g/mol. The summed E-state index contributed by atoms with van der Waals surface area (Å²) in [6.07, 6.45) is 5.94. The summed E-state index contributed by atoms with van der Waals surface area (Å²) < 4.78 is 15.9. The zero-order chi connectivity index (χ0) is 38.3. The molecule has 11 nitrogen and oxygen atoms in total. The van der Waals surface area contributed by atoms with Crippen LogP contribution in [0.25, 0.3) is 11.3 Å². The van der Waals surface area contributed by atoms with Crippen molar-refractivity contribution in [3.05, 3.63) is 82.9 Å². The van der Waals surface area contributed by atoms with Gasteiger partial charge in [-0.15, -0.1) is 0 Å². The lowest BCUT2D eigenvalue weighted by molar-refractivity contribution is 0.0659. The van der Waals surface area contributed by atoms with Crippen molar-refractivity contribution in [1.29, 1.82) is 0 Å². The molecule has 0 saturated carbocycles. The Hall–Kier alpha value is -4.26. The van der Waals surface area contributed by atoms with Gasteiger partial charge in [-0.05, 0) is 92.6 Å². The molecular weight excluding hydrogens is 687 g/mol. The van der Waals surface area contributed by atoms with Gasteiger partial charge in [0, 0.05) is 35.2 Å². The van der Waals surface area contributed by atoms with Crippen molar-refractivity contribution >= 4 is 29.6 Å². The van der Waals surface area contributed by atoms with Gasteiger partial charge in [0.15, 0.2) is 0 Å². The number of nitrogens with one attached hydrogen (secondary N) is 2. The molecule has 0 radical (unpaired) electrons. The second-order valence-electron chi connectivity index (χ2n) is 16.2. The second kappa shape index (κ2) is 17.3. The van der Waals surface area contributed by atoms with Crippen LogP contribution >= 0.6 is 11.9 Å². The molecule has 1 atom stereocenters. The molecule has 0 bridgehead atoms. The first-order chi connectivity index (χ1) is 25.1. The van der Waals surface area contributed by atoms with E-state index in [1.54, 1.807) is 18.2 Å². The van der Waals surface area contributed by atoms with Crippen LogP contribution in [-0.2, 0) is 17.9 Å². The molecule has 5 rings (SSSR count). The van der Waals surface area contributed by atoms with Crippen LogP contribution in [0, 0.1) is 24.7 Å². The molecule has 3 heterocycles. The van der Waals surface area contributed by atoms with Crippen molar-refractivity contribution in [2.24, 2.45) is 10.8 Å². The van der Waals surface area contributed by atoms with E-state index in [-0.39, 0.29) is 23.1 Å². The standard InChI is InChI=1S/C41H55N7O4S/c1-26(2)51-23-30-14-10-12-27(3)35(30)36-28(4)37(46-39(45-36)47-53-33-15-11-13-29(18-33)38(49)50)52-24-31(19-40(5,6)7)42-22-34-43-20-32(21-44-34)48-17-16-41(8,9)25-48/h10-15,18,20-21,26,31,42H,16-17,19,22-25H2,1-9H3,(H,49,50)(H,45,46,47)/t31-/m1/s1. The zero-order valence-electron chi connectivity index (χ0n) is 32.6. The Labute approximate surface area is 318 Å². The molecule has 4 aromatic rings. The van der Waals surface area contributed by atoms with Crippen molar-refractivity contribution in [3.63, 3.8) is 0 Å². The lowest BCUT2D eigenvalue weighted by atomic mass is 9.88. The molecular formula is C41H55N7O4S. The van der Waals surface area contributed by atoms with Crippen LogP contribution in [0.5, 0.6) is 5.88 Å². The average Bonchev–Trinajstić information content (AvgIpc) is 3.47. The van der Waals surface area contributed by atoms with Crippen molar-refractivity contribution in [1.82, 2.24) is 25.3 Å². The fourth-order valence-electron chi connectivity index (χ4n) is 6.45. The van der Waals surface area contributed by atoms with Gasteiger partial charge < -0.3 is 24.8 Å². The van der Waals surface area contributed by atoms with E-state index in [1.807, 2.05) is 45.3 Å². The Kier molecular flexibility index (Phi) is 13.0. The summed E-state index contributed by atoms with van der Waals surface area (Å²) in [5.74, 6) is 0.561. The van der Waals surface area contributed by atoms with Gasteiger partial charge in [-0.25, -0.2) is 19.7 Å². The number of carbonyl (C=O) groups is 1. The predicted molar refractivity (Wildman–Crippen MR) is 213 cm³/mol. The molecule has 0 spiro atoms. The fourth-order valence-corrected chi connectivity index (χ4v) is 7.08. The van der Waals surface area contributed by atoms with E-state index in [1.165, 1.54) is 11.9 Å². The lowest BCUT2D eigenvalue weighted by Gasteiger charge is -2.27. The quantitative estimate of drug-likeness (QED) is 0.0951. The Morgan fingerprint density at radius 3 is 2.47 bits per heavy atom. The summed E-state index contributed by atoms with van der Waals surface area (Å²) in [6.45, 7) is 22.7. The molecule has 284 valence electrons. The molecule has 2 aromatic heterocycles. The summed E-state index contributed by atoms with van der Waals surface area (Å²) >= 11 is 1.25. The predicted octanol–water partition coefficient (Wildman–Crippen LogP) is 8.50. The topological polar surface area (TPSA) is 135 Å². The number of rotatable bonds is 16. The van der Waals surface area contributed by atoms with E-state index in [9.17, 15) is 9.90 Å². The minimum atomic E-state index is -0.985. The molecule has 1 fully saturated rings. The number of aryl methyl sites for hydroxylation is 1. The van der Waals surface area contributed by atoms with Crippen LogP contribution < -0.4 is 19.7 Å². The highest BCUT2D eigenvalue weighted by atomic mass is 32.2. The minimum Gasteiger partial charge on any atom is -0.478 e. The lowest BCUT2D eigenvalue weighted by Crippen LogP contribution is -2.38. The average molecular weight is 742 g/mol. The first-order valence-corrected chi connectivity index (χ1v) is 19.2. The molecule has 1 aliphatic heterocycles. The third-order valence-electron chi connectivity index (χ3n) is 9.17. The van der Waals surface area contributed by atoms with E-state index in [0.717, 1.165) is 65.4 Å². The van der Waals surface area contributed by atoms with Gasteiger partial charge >= 0.3 is 5.97 Å². The highest BCUT2D eigenvalue weighted by Crippen LogP contribution is 2.35. The number of hydrogen-bond acceptors (Lipinski definition) is 11. The number of aromatic carboxylic acids is 1. The minimum absolute atomic E-state index is 0.0199. The van der Waals surface area contributed by atoms with Gasteiger partial charge in [0.25, 0.3) is 0 Å². The maximum Gasteiger partial charge on any atom is 0.335 e. The Bertz CT molecular complexity index is 1860. The largest absolute Gasteiger partial charge is 0.478 e. The Morgan fingerprint density at radius 2 is 1.81 bits per heavy atom. The highest BCUT2D eigenvalue weighted by Gasteiger charge is 2.30.